The Morgan fingerprint density at radius 1 is 1.27 bits per heavy atom. The van der Waals surface area contributed by atoms with E-state index in [0.717, 1.165) is 18.7 Å². The van der Waals surface area contributed by atoms with Gasteiger partial charge in [-0.1, -0.05) is 18.2 Å². The molecule has 0 bridgehead atoms. The number of nitrogens with zero attached hydrogens (tertiary/aromatic N) is 3. The summed E-state index contributed by atoms with van der Waals surface area (Å²) < 4.78 is 37.7. The Hall–Kier alpha value is -2.29. The summed E-state index contributed by atoms with van der Waals surface area (Å²) >= 11 is 0. The van der Waals surface area contributed by atoms with Crippen molar-refractivity contribution in [2.75, 3.05) is 44.2 Å². The molecule has 1 atom stereocenters. The van der Waals surface area contributed by atoms with Gasteiger partial charge in [0.2, 0.25) is 5.91 Å². The highest BCUT2D eigenvalue weighted by Gasteiger charge is 2.34. The minimum Gasteiger partial charge on any atom is -0.357 e. The first-order valence-electron chi connectivity index (χ1n) is 10.6. The van der Waals surface area contributed by atoms with Crippen molar-refractivity contribution in [3.63, 3.8) is 0 Å². The molecule has 2 aliphatic rings. The molecule has 1 fully saturated rings. The van der Waals surface area contributed by atoms with Crippen molar-refractivity contribution in [1.29, 1.82) is 0 Å². The number of carbonyl (C=O) groups is 1. The summed E-state index contributed by atoms with van der Waals surface area (Å²) in [4.78, 5) is 20.3. The lowest BCUT2D eigenvalue weighted by Crippen LogP contribution is -2.45. The third-order valence-electron chi connectivity index (χ3n) is 5.37. The van der Waals surface area contributed by atoms with E-state index in [9.17, 15) is 18.0 Å². The van der Waals surface area contributed by atoms with Gasteiger partial charge in [0, 0.05) is 50.9 Å². The van der Waals surface area contributed by atoms with Crippen molar-refractivity contribution < 1.29 is 18.0 Å². The Morgan fingerprint density at radius 3 is 2.83 bits per heavy atom. The fourth-order valence-electron chi connectivity index (χ4n) is 4.01. The lowest BCUT2D eigenvalue weighted by molar-refractivity contribution is -0.143. The minimum atomic E-state index is -4.17. The quantitative estimate of drug-likeness (QED) is 0.401. The zero-order valence-corrected chi connectivity index (χ0v) is 17.3. The number of fused-ring (bicyclic) bond motifs is 1. The van der Waals surface area contributed by atoms with Crippen LogP contribution in [-0.4, -0.2) is 68.3 Å². The molecule has 9 heteroatoms. The summed E-state index contributed by atoms with van der Waals surface area (Å²) in [5.74, 6) is 0.696. The van der Waals surface area contributed by atoms with Gasteiger partial charge >= 0.3 is 6.18 Å². The van der Waals surface area contributed by atoms with E-state index in [-0.39, 0.29) is 11.9 Å². The summed E-state index contributed by atoms with van der Waals surface area (Å²) in [5.41, 5.74) is 2.21. The highest BCUT2D eigenvalue weighted by Crippen LogP contribution is 2.28. The average Bonchev–Trinajstić information content (AvgIpc) is 3.30. The van der Waals surface area contributed by atoms with Crippen molar-refractivity contribution >= 4 is 17.6 Å². The standard InChI is InChI=1S/C21H30F3N5O/c1-2-25-20(27-17-10-12-28(14-17)15-21(22,23)24)26-11-5-8-19(30)29-13-9-16-6-3-4-7-18(16)29/h3-4,6-7,17H,2,5,8-15H2,1H3,(H2,25,26,27). The fourth-order valence-corrected chi connectivity index (χ4v) is 4.01. The zero-order valence-electron chi connectivity index (χ0n) is 17.3. The largest absolute Gasteiger partial charge is 0.401 e. The second-order valence-electron chi connectivity index (χ2n) is 7.77. The Labute approximate surface area is 175 Å². The molecule has 1 unspecified atom stereocenters. The number of benzene rings is 1. The SMILES string of the molecule is CCNC(=NCCCC(=O)N1CCc2ccccc21)NC1CCN(CC(F)(F)F)C1. The molecule has 30 heavy (non-hydrogen) atoms. The molecule has 1 aromatic rings. The van der Waals surface area contributed by atoms with Gasteiger partial charge in [0.25, 0.3) is 0 Å². The van der Waals surface area contributed by atoms with Crippen LogP contribution in [0.3, 0.4) is 0 Å². The van der Waals surface area contributed by atoms with E-state index in [0.29, 0.717) is 51.4 Å². The molecule has 2 aliphatic heterocycles. The summed E-state index contributed by atoms with van der Waals surface area (Å²) in [6.07, 6.45) is -1.59. The fraction of sp³-hybridized carbons (Fsp3) is 0.619. The molecule has 0 aromatic heterocycles. The lowest BCUT2D eigenvalue weighted by atomic mass is 10.2. The number of rotatable bonds is 7. The van der Waals surface area contributed by atoms with Gasteiger partial charge in [0.1, 0.15) is 0 Å². The number of halogens is 3. The smallest absolute Gasteiger partial charge is 0.357 e. The minimum absolute atomic E-state index is 0.0621. The second kappa shape index (κ2) is 10.1. The Bertz CT molecular complexity index is 752. The van der Waals surface area contributed by atoms with Crippen LogP contribution in [0.25, 0.3) is 0 Å². The first-order valence-corrected chi connectivity index (χ1v) is 10.6. The molecule has 2 N–H and O–H groups in total. The summed E-state index contributed by atoms with van der Waals surface area (Å²) in [5, 5.41) is 6.36. The second-order valence-corrected chi connectivity index (χ2v) is 7.77. The van der Waals surface area contributed by atoms with Crippen LogP contribution in [0.4, 0.5) is 18.9 Å². The first-order chi connectivity index (χ1) is 14.4. The Morgan fingerprint density at radius 2 is 2.07 bits per heavy atom. The van der Waals surface area contributed by atoms with E-state index in [2.05, 4.69) is 21.7 Å². The maximum absolute atomic E-state index is 12.6. The number of amides is 1. The van der Waals surface area contributed by atoms with Gasteiger partial charge in [-0.05, 0) is 37.8 Å². The summed E-state index contributed by atoms with van der Waals surface area (Å²) in [6.45, 7) is 3.70. The number of nitrogens with one attached hydrogen (secondary N) is 2. The number of guanidine groups is 1. The zero-order chi connectivity index (χ0) is 21.6. The first kappa shape index (κ1) is 22.4. The molecule has 2 heterocycles. The molecule has 0 aliphatic carbocycles. The maximum atomic E-state index is 12.6. The van der Waals surface area contributed by atoms with Crippen molar-refractivity contribution in [3.8, 4) is 0 Å². The maximum Gasteiger partial charge on any atom is 0.401 e. The predicted molar refractivity (Wildman–Crippen MR) is 112 cm³/mol. The Balaban J connectivity index is 1.43. The van der Waals surface area contributed by atoms with Crippen LogP contribution in [0.2, 0.25) is 0 Å². The lowest BCUT2D eigenvalue weighted by Gasteiger charge is -2.20. The highest BCUT2D eigenvalue weighted by molar-refractivity contribution is 5.95. The van der Waals surface area contributed by atoms with Gasteiger partial charge in [0.05, 0.1) is 6.54 Å². The molecule has 6 nitrogen and oxygen atoms in total. The molecule has 0 radical (unpaired) electrons. The normalized spacial score (nSPS) is 19.8. The molecule has 1 aromatic carbocycles. The average molecular weight is 425 g/mol. The topological polar surface area (TPSA) is 60.0 Å². The molecule has 0 saturated carbocycles. The van der Waals surface area contributed by atoms with Crippen LogP contribution in [0, 0.1) is 0 Å². The monoisotopic (exact) mass is 425 g/mol. The molecular weight excluding hydrogens is 395 g/mol. The molecule has 0 spiro atoms. The van der Waals surface area contributed by atoms with Crippen molar-refractivity contribution in [1.82, 2.24) is 15.5 Å². The van der Waals surface area contributed by atoms with Gasteiger partial charge in [0.15, 0.2) is 5.96 Å². The van der Waals surface area contributed by atoms with Crippen LogP contribution in [0.1, 0.15) is 31.7 Å². The van der Waals surface area contributed by atoms with Gasteiger partial charge in [-0.3, -0.25) is 14.7 Å². The highest BCUT2D eigenvalue weighted by atomic mass is 19.4. The number of hydrogen-bond acceptors (Lipinski definition) is 3. The van der Waals surface area contributed by atoms with Gasteiger partial charge in [-0.2, -0.15) is 13.2 Å². The number of carbonyl (C=O) groups excluding carboxylic acids is 1. The van der Waals surface area contributed by atoms with E-state index in [1.54, 1.807) is 0 Å². The summed E-state index contributed by atoms with van der Waals surface area (Å²) in [6, 6.07) is 7.91. The van der Waals surface area contributed by atoms with E-state index in [1.807, 2.05) is 30.0 Å². The predicted octanol–water partition coefficient (Wildman–Crippen LogP) is 2.55. The van der Waals surface area contributed by atoms with Crippen LogP contribution in [0.15, 0.2) is 29.3 Å². The van der Waals surface area contributed by atoms with Crippen LogP contribution >= 0.6 is 0 Å². The number of hydrogen-bond donors (Lipinski definition) is 2. The van der Waals surface area contributed by atoms with Crippen molar-refractivity contribution in [2.24, 2.45) is 4.99 Å². The third-order valence-corrected chi connectivity index (χ3v) is 5.37. The Kier molecular flexibility index (Phi) is 7.58. The van der Waals surface area contributed by atoms with E-state index >= 15 is 0 Å². The third kappa shape index (κ3) is 6.35. The molecular formula is C21H30F3N5O. The summed E-state index contributed by atoms with van der Waals surface area (Å²) in [7, 11) is 0. The van der Waals surface area contributed by atoms with Gasteiger partial charge < -0.3 is 15.5 Å². The van der Waals surface area contributed by atoms with E-state index in [1.165, 1.54) is 10.5 Å². The van der Waals surface area contributed by atoms with Crippen LogP contribution in [0.5, 0.6) is 0 Å². The molecule has 1 saturated heterocycles. The van der Waals surface area contributed by atoms with Gasteiger partial charge in [-0.25, -0.2) is 0 Å². The van der Waals surface area contributed by atoms with Crippen LogP contribution < -0.4 is 15.5 Å². The molecule has 1 amide bonds. The molecule has 3 rings (SSSR count). The van der Waals surface area contributed by atoms with Crippen molar-refractivity contribution in [2.45, 2.75) is 44.8 Å². The number of alkyl halides is 3. The number of para-hydroxylation sites is 1. The van der Waals surface area contributed by atoms with E-state index in [4.69, 9.17) is 0 Å². The van der Waals surface area contributed by atoms with Crippen LogP contribution in [-0.2, 0) is 11.2 Å². The number of anilines is 1. The molecule has 166 valence electrons. The number of likely N-dealkylation sites (tertiary alicyclic amines) is 1. The van der Waals surface area contributed by atoms with E-state index < -0.39 is 12.7 Å². The van der Waals surface area contributed by atoms with Crippen molar-refractivity contribution in [3.05, 3.63) is 29.8 Å². The number of aliphatic imine (C=N–C) groups is 1. The van der Waals surface area contributed by atoms with Gasteiger partial charge in [-0.15, -0.1) is 0 Å².